The first-order chi connectivity index (χ1) is 23.5. The molecular formula is C36H47N5O7Si. The largest absolute Gasteiger partial charge is 0.469 e. The van der Waals surface area contributed by atoms with Crippen LogP contribution in [0.15, 0.2) is 54.7 Å². The third-order valence-electron chi connectivity index (χ3n) is 10.5. The number of carbonyl (C=O) groups excluding carboxylic acids is 3. The van der Waals surface area contributed by atoms with Gasteiger partial charge in [0.05, 0.1) is 37.1 Å². The van der Waals surface area contributed by atoms with E-state index in [1.165, 1.54) is 7.11 Å². The number of methoxy groups -OCH3 is 1. The smallest absolute Gasteiger partial charge is 0.305 e. The van der Waals surface area contributed by atoms with E-state index in [0.717, 1.165) is 28.9 Å². The molecule has 49 heavy (non-hydrogen) atoms. The number of nitrogens with zero attached hydrogens (tertiary/aromatic N) is 5. The van der Waals surface area contributed by atoms with Gasteiger partial charge in [0, 0.05) is 61.4 Å². The van der Waals surface area contributed by atoms with Crippen LogP contribution in [0.1, 0.15) is 68.2 Å². The Morgan fingerprint density at radius 2 is 1.92 bits per heavy atom. The number of carbonyl (C=O) groups is 3. The molecule has 12 nitrogen and oxygen atoms in total. The number of aryl methyl sites for hydroxylation is 1. The number of amides is 2. The van der Waals surface area contributed by atoms with Gasteiger partial charge in [0.2, 0.25) is 5.91 Å². The number of aromatic nitrogens is 3. The molecule has 3 aliphatic heterocycles. The third kappa shape index (κ3) is 6.56. The van der Waals surface area contributed by atoms with Crippen LogP contribution >= 0.6 is 0 Å². The Kier molecular flexibility index (Phi) is 10.1. The van der Waals surface area contributed by atoms with Gasteiger partial charge in [0.25, 0.3) is 5.91 Å². The van der Waals surface area contributed by atoms with Gasteiger partial charge in [-0.25, -0.2) is 0 Å². The summed E-state index contributed by atoms with van der Waals surface area (Å²) in [7, 11) is -1.54. The first kappa shape index (κ1) is 34.9. The van der Waals surface area contributed by atoms with Crippen molar-refractivity contribution < 1.29 is 33.8 Å². The Morgan fingerprint density at radius 1 is 1.14 bits per heavy atom. The first-order valence-electron chi connectivity index (χ1n) is 17.3. The maximum Gasteiger partial charge on any atom is 0.305 e. The van der Waals surface area contributed by atoms with Crippen molar-refractivity contribution in [1.82, 2.24) is 15.0 Å². The van der Waals surface area contributed by atoms with Crippen molar-refractivity contribution in [2.45, 2.75) is 88.3 Å². The zero-order valence-electron chi connectivity index (χ0n) is 28.7. The van der Waals surface area contributed by atoms with Gasteiger partial charge in [-0.2, -0.15) is 0 Å². The standard InChI is InChI=1S/C36H47N5O7Si/c1-24-34(49(3,4)46)31(17-20-39-22-29(37-38-39)27(23-42)25-11-6-5-7-12-25)48-36(24)28-21-26(40-19-10-13-32(40)43)15-16-30(28)41(35(36)45)18-9-8-14-33(44)47-2/h5-7,11-12,15-16,21-22,24,27,31,34,42,46H,8-10,13-14,17-20,23H2,1-4H3/t24-,27?,31+,34-,36+/m0/s1. The zero-order chi connectivity index (χ0) is 34.9. The van der Waals surface area contributed by atoms with Crippen molar-refractivity contribution in [2.75, 3.05) is 36.6 Å². The average Bonchev–Trinajstić information content (AvgIpc) is 3.85. The molecule has 4 heterocycles. The molecule has 3 aromatic rings. The highest BCUT2D eigenvalue weighted by atomic mass is 28.4. The summed E-state index contributed by atoms with van der Waals surface area (Å²) in [5, 5.41) is 18.9. The van der Waals surface area contributed by atoms with Crippen LogP contribution in [-0.4, -0.2) is 83.9 Å². The average molecular weight is 690 g/mol. The van der Waals surface area contributed by atoms with Crippen molar-refractivity contribution in [3.8, 4) is 0 Å². The number of esters is 1. The fourth-order valence-corrected chi connectivity index (χ4v) is 10.8. The van der Waals surface area contributed by atoms with Crippen molar-refractivity contribution in [3.63, 3.8) is 0 Å². The summed E-state index contributed by atoms with van der Waals surface area (Å²) in [6.45, 7) is 7.15. The number of aliphatic hydroxyl groups excluding tert-OH is 1. The molecule has 13 heteroatoms. The maximum absolute atomic E-state index is 14.7. The van der Waals surface area contributed by atoms with Crippen LogP contribution in [0.4, 0.5) is 11.4 Å². The van der Waals surface area contributed by atoms with Crippen LogP contribution in [0, 0.1) is 5.92 Å². The Labute approximate surface area is 288 Å². The number of hydrogen-bond donors (Lipinski definition) is 2. The van der Waals surface area contributed by atoms with E-state index < -0.39 is 20.0 Å². The van der Waals surface area contributed by atoms with E-state index in [-0.39, 0.29) is 48.2 Å². The minimum Gasteiger partial charge on any atom is -0.469 e. The van der Waals surface area contributed by atoms with Gasteiger partial charge in [0.1, 0.15) is 0 Å². The van der Waals surface area contributed by atoms with Crippen molar-refractivity contribution in [3.05, 3.63) is 71.5 Å². The third-order valence-corrected chi connectivity index (χ3v) is 13.0. The van der Waals surface area contributed by atoms with Gasteiger partial charge in [0.15, 0.2) is 13.9 Å². The molecule has 3 aliphatic rings. The van der Waals surface area contributed by atoms with Gasteiger partial charge in [-0.05, 0) is 62.5 Å². The van der Waals surface area contributed by atoms with Crippen LogP contribution in [0.5, 0.6) is 0 Å². The molecule has 1 aromatic heterocycles. The molecule has 0 saturated carbocycles. The van der Waals surface area contributed by atoms with E-state index in [2.05, 4.69) is 10.3 Å². The molecule has 0 bridgehead atoms. The zero-order valence-corrected chi connectivity index (χ0v) is 29.7. The summed E-state index contributed by atoms with van der Waals surface area (Å²) in [6.07, 6.45) is 4.56. The lowest BCUT2D eigenvalue weighted by Gasteiger charge is -2.32. The molecule has 0 aliphatic carbocycles. The topological polar surface area (TPSA) is 147 Å². The molecule has 2 amide bonds. The summed E-state index contributed by atoms with van der Waals surface area (Å²) in [6, 6.07) is 15.4. The number of anilines is 2. The fraction of sp³-hybridized carbons (Fsp3) is 0.528. The van der Waals surface area contributed by atoms with Gasteiger partial charge in [-0.1, -0.05) is 42.5 Å². The van der Waals surface area contributed by atoms with E-state index >= 15 is 0 Å². The molecular weight excluding hydrogens is 643 g/mol. The summed E-state index contributed by atoms with van der Waals surface area (Å²) in [5.74, 6) is -1.07. The number of fused-ring (bicyclic) bond motifs is 2. The lowest BCUT2D eigenvalue weighted by molar-refractivity contribution is -0.146. The second-order valence-corrected chi connectivity index (χ2v) is 18.0. The monoisotopic (exact) mass is 689 g/mol. The normalized spacial score (nSPS) is 24.2. The molecule has 1 unspecified atom stereocenters. The van der Waals surface area contributed by atoms with Gasteiger partial charge in [-0.3, -0.25) is 19.1 Å². The Morgan fingerprint density at radius 3 is 2.59 bits per heavy atom. The Bertz CT molecular complexity index is 1680. The van der Waals surface area contributed by atoms with Crippen LogP contribution in [0.25, 0.3) is 0 Å². The molecule has 6 rings (SSSR count). The second kappa shape index (κ2) is 14.1. The first-order valence-corrected chi connectivity index (χ1v) is 20.3. The van der Waals surface area contributed by atoms with E-state index in [0.29, 0.717) is 51.0 Å². The van der Waals surface area contributed by atoms with E-state index in [4.69, 9.17) is 9.47 Å². The summed E-state index contributed by atoms with van der Waals surface area (Å²) in [5.41, 5.74) is 2.18. The van der Waals surface area contributed by atoms with Crippen LogP contribution < -0.4 is 9.80 Å². The number of rotatable bonds is 13. The predicted molar refractivity (Wildman–Crippen MR) is 185 cm³/mol. The lowest BCUT2D eigenvalue weighted by atomic mass is 9.82. The highest BCUT2D eigenvalue weighted by Gasteiger charge is 2.66. The minimum atomic E-state index is -2.91. The summed E-state index contributed by atoms with van der Waals surface area (Å²) < 4.78 is 13.5. The minimum absolute atomic E-state index is 0.0564. The number of ether oxygens (including phenoxy) is 2. The Hall–Kier alpha value is -3.91. The van der Waals surface area contributed by atoms with Crippen LogP contribution in [0.3, 0.4) is 0 Å². The predicted octanol–water partition coefficient (Wildman–Crippen LogP) is 4.11. The number of aliphatic hydroxyl groups is 1. The van der Waals surface area contributed by atoms with E-state index in [1.807, 2.05) is 74.7 Å². The quantitative estimate of drug-likeness (QED) is 0.154. The van der Waals surface area contributed by atoms with Gasteiger partial charge < -0.3 is 29.2 Å². The summed E-state index contributed by atoms with van der Waals surface area (Å²) in [4.78, 5) is 54.5. The molecule has 262 valence electrons. The molecule has 2 fully saturated rings. The lowest BCUT2D eigenvalue weighted by Crippen LogP contribution is -2.46. The number of unbranched alkanes of at least 4 members (excludes halogenated alkanes) is 1. The maximum atomic E-state index is 14.7. The SMILES string of the molecule is COC(=O)CCCCN1C(=O)[C@]2(O[C@H](CCn3cc(C(CO)c4ccccc4)nn3)[C@@H]([Si](C)(C)O)[C@@H]2C)c2cc(N3CCCC3=O)ccc21. The van der Waals surface area contributed by atoms with Crippen LogP contribution in [0.2, 0.25) is 18.6 Å². The molecule has 5 atom stereocenters. The highest BCUT2D eigenvalue weighted by molar-refractivity contribution is 6.71. The number of benzene rings is 2. The number of hydrogen-bond acceptors (Lipinski definition) is 9. The van der Waals surface area contributed by atoms with Crippen molar-refractivity contribution >= 4 is 37.5 Å². The van der Waals surface area contributed by atoms with Crippen molar-refractivity contribution in [1.29, 1.82) is 0 Å². The van der Waals surface area contributed by atoms with E-state index in [9.17, 15) is 24.3 Å². The van der Waals surface area contributed by atoms with Crippen molar-refractivity contribution in [2.24, 2.45) is 5.92 Å². The second-order valence-electron chi connectivity index (χ2n) is 14.0. The van der Waals surface area contributed by atoms with Gasteiger partial charge >= 0.3 is 5.97 Å². The molecule has 1 spiro atoms. The molecule has 2 saturated heterocycles. The molecule has 2 aromatic carbocycles. The molecule has 2 N–H and O–H groups in total. The fourth-order valence-electron chi connectivity index (χ4n) is 8.18. The van der Waals surface area contributed by atoms with Crippen LogP contribution in [-0.2, 0) is 36.0 Å². The summed E-state index contributed by atoms with van der Waals surface area (Å²) >= 11 is 0. The Balaban J connectivity index is 1.30. The molecule has 0 radical (unpaired) electrons. The van der Waals surface area contributed by atoms with E-state index in [1.54, 1.807) is 14.5 Å². The van der Waals surface area contributed by atoms with Gasteiger partial charge in [-0.15, -0.1) is 5.10 Å². The highest BCUT2D eigenvalue weighted by Crippen LogP contribution is 2.60.